The summed E-state index contributed by atoms with van der Waals surface area (Å²) in [5, 5.41) is 6.74. The molecule has 5 aromatic carbocycles. The number of aryl methyl sites for hydroxylation is 7. The second-order valence-corrected chi connectivity index (χ2v) is 16.5. The molecule has 51 heavy (non-hydrogen) atoms. The van der Waals surface area contributed by atoms with E-state index in [1.807, 2.05) is 0 Å². The van der Waals surface area contributed by atoms with Crippen LogP contribution in [0.3, 0.4) is 0 Å². The van der Waals surface area contributed by atoms with Gasteiger partial charge in [-0.05, 0) is 212 Å². The molecule has 0 unspecified atom stereocenters. The number of aromatic nitrogens is 2. The maximum atomic E-state index is 8.03. The number of benzene rings is 5. The van der Waals surface area contributed by atoms with Gasteiger partial charge >= 0.3 is 0 Å². The Labute approximate surface area is 314 Å². The lowest BCUT2D eigenvalue weighted by Crippen LogP contribution is -2.07. The zero-order valence-electron chi connectivity index (χ0n) is 33.7. The first-order valence-corrected chi connectivity index (χ1v) is 19.1. The molecule has 0 saturated heterocycles. The van der Waals surface area contributed by atoms with E-state index >= 15 is 0 Å². The highest BCUT2D eigenvalue weighted by Gasteiger charge is 2.30. The molecule has 4 heteroatoms. The van der Waals surface area contributed by atoms with Gasteiger partial charge in [0.05, 0.1) is 27.3 Å². The Bertz CT molecular complexity index is 2680. The average Bonchev–Trinajstić information content (AvgIpc) is 3.67. The van der Waals surface area contributed by atoms with Crippen molar-refractivity contribution in [2.24, 2.45) is 0 Å². The van der Waals surface area contributed by atoms with Gasteiger partial charge in [-0.15, -0.1) is 0 Å². The molecule has 0 spiro atoms. The molecule has 0 saturated carbocycles. The fourth-order valence-corrected chi connectivity index (χ4v) is 10.1. The van der Waals surface area contributed by atoms with Crippen LogP contribution < -0.4 is 0 Å². The van der Waals surface area contributed by atoms with Crippen molar-refractivity contribution in [1.29, 1.82) is 0 Å². The molecule has 2 nitrogen and oxygen atoms in total. The van der Waals surface area contributed by atoms with E-state index in [4.69, 9.17) is 23.2 Å². The molecular weight excluding hydrogens is 663 g/mol. The Kier molecular flexibility index (Phi) is 8.14. The van der Waals surface area contributed by atoms with Gasteiger partial charge in [0.2, 0.25) is 0 Å². The van der Waals surface area contributed by atoms with E-state index in [1.54, 1.807) is 0 Å². The number of H-pyrrole nitrogens is 1. The smallest absolute Gasteiger partial charge is 0.0732 e. The lowest BCUT2D eigenvalue weighted by atomic mass is 9.86. The fraction of sp³-hybridized carbons (Fsp3) is 0.362. The molecule has 7 aromatic rings. The van der Waals surface area contributed by atoms with Crippen LogP contribution in [0.1, 0.15) is 94.6 Å². The summed E-state index contributed by atoms with van der Waals surface area (Å²) in [4.78, 5) is 3.99. The predicted octanol–water partition coefficient (Wildman–Crippen LogP) is 14.6. The van der Waals surface area contributed by atoms with Gasteiger partial charge in [0.25, 0.3) is 0 Å². The van der Waals surface area contributed by atoms with Gasteiger partial charge in [-0.3, -0.25) is 0 Å². The fourth-order valence-electron chi connectivity index (χ4n) is 9.41. The van der Waals surface area contributed by atoms with Crippen LogP contribution in [0.2, 0.25) is 10.0 Å². The van der Waals surface area contributed by atoms with Crippen LogP contribution in [0.5, 0.6) is 0 Å². The number of hydrogen-bond acceptors (Lipinski definition) is 0. The van der Waals surface area contributed by atoms with Crippen LogP contribution in [-0.2, 0) is 0 Å². The highest BCUT2D eigenvalue weighted by molar-refractivity contribution is 6.39. The number of fused-ring (bicyclic) bond motifs is 6. The quantitative estimate of drug-likeness (QED) is 0.184. The minimum Gasteiger partial charge on any atom is -0.354 e. The summed E-state index contributed by atoms with van der Waals surface area (Å²) in [5.41, 5.74) is 29.6. The van der Waals surface area contributed by atoms with Crippen molar-refractivity contribution in [2.45, 2.75) is 118 Å². The Morgan fingerprint density at radius 2 is 0.686 bits per heavy atom. The monoisotopic (exact) mass is 714 g/mol. The van der Waals surface area contributed by atoms with Gasteiger partial charge in [-0.2, -0.15) is 0 Å². The standard InChI is InChI=1S/C47H52Cl2N2/c1-18-21(4)30(13)43-37(25(18)8)38-27(10)24(7)26(9)36(44(38)50-43)35-33(16)41(48)34(17)47(42(35)49)51-45-31(14)22(5)19(2)28(11)39(45)40-29(12)20(3)23(6)32(15)46(40)51/h50H,1-17H3. The zero-order valence-corrected chi connectivity index (χ0v) is 35.2. The maximum absolute atomic E-state index is 8.03. The zero-order chi connectivity index (χ0) is 37.6. The van der Waals surface area contributed by atoms with E-state index in [2.05, 4.69) is 127 Å². The molecule has 0 atom stereocenters. The van der Waals surface area contributed by atoms with Crippen molar-refractivity contribution in [1.82, 2.24) is 9.55 Å². The Hall–Kier alpha value is -3.72. The van der Waals surface area contributed by atoms with E-state index in [1.165, 1.54) is 122 Å². The van der Waals surface area contributed by atoms with E-state index in [0.29, 0.717) is 0 Å². The molecule has 0 bridgehead atoms. The third kappa shape index (κ3) is 4.36. The van der Waals surface area contributed by atoms with Gasteiger partial charge in [0, 0.05) is 43.2 Å². The summed E-state index contributed by atoms with van der Waals surface area (Å²) in [6.45, 7) is 38.3. The number of nitrogens with one attached hydrogen (secondary N) is 1. The molecule has 0 aliphatic heterocycles. The number of halogens is 2. The van der Waals surface area contributed by atoms with Crippen molar-refractivity contribution in [3.63, 3.8) is 0 Å². The highest BCUT2D eigenvalue weighted by Crippen LogP contribution is 2.51. The first-order valence-electron chi connectivity index (χ1n) is 18.3. The SMILES string of the molecule is Cc1c(Cl)c(C)c(-n2c3c(C)c(C)c(C)c(C)c3c3c(C)c(C)c(C)c(C)c32)c(Cl)c1-c1c(C)c(C)c(C)c2c1[nH]c1c(C)c(C)c(C)c(C)c12. The van der Waals surface area contributed by atoms with Gasteiger partial charge in [0.1, 0.15) is 0 Å². The third-order valence-electron chi connectivity index (χ3n) is 13.9. The Balaban J connectivity index is 1.77. The van der Waals surface area contributed by atoms with Crippen molar-refractivity contribution in [2.75, 3.05) is 0 Å². The molecule has 0 fully saturated rings. The number of aromatic amines is 1. The van der Waals surface area contributed by atoms with Crippen LogP contribution in [-0.4, -0.2) is 9.55 Å². The second kappa shape index (κ2) is 11.6. The van der Waals surface area contributed by atoms with Crippen LogP contribution in [0.25, 0.3) is 60.4 Å². The summed E-state index contributed by atoms with van der Waals surface area (Å²) < 4.78 is 2.49. The average molecular weight is 716 g/mol. The van der Waals surface area contributed by atoms with Crippen LogP contribution in [0, 0.1) is 118 Å². The number of rotatable bonds is 2. The largest absolute Gasteiger partial charge is 0.354 e. The van der Waals surface area contributed by atoms with Crippen molar-refractivity contribution in [3.8, 4) is 16.8 Å². The van der Waals surface area contributed by atoms with Crippen LogP contribution >= 0.6 is 23.2 Å². The summed E-state index contributed by atoms with van der Waals surface area (Å²) >= 11 is 15.6. The number of hydrogen-bond donors (Lipinski definition) is 1. The molecule has 0 amide bonds. The van der Waals surface area contributed by atoms with Crippen molar-refractivity contribution >= 4 is 66.8 Å². The first kappa shape index (κ1) is 35.7. The maximum Gasteiger partial charge on any atom is 0.0732 e. The van der Waals surface area contributed by atoms with Gasteiger partial charge in [-0.1, -0.05) is 23.2 Å². The van der Waals surface area contributed by atoms with Gasteiger partial charge < -0.3 is 9.55 Å². The molecule has 1 N–H and O–H groups in total. The lowest BCUT2D eigenvalue weighted by Gasteiger charge is -2.24. The summed E-state index contributed by atoms with van der Waals surface area (Å²) in [5.74, 6) is 0. The number of nitrogens with zero attached hydrogens (tertiary/aromatic N) is 1. The normalized spacial score (nSPS) is 12.2. The highest BCUT2D eigenvalue weighted by atomic mass is 35.5. The molecule has 264 valence electrons. The third-order valence-corrected chi connectivity index (χ3v) is 14.8. The van der Waals surface area contributed by atoms with E-state index in [-0.39, 0.29) is 0 Å². The predicted molar refractivity (Wildman–Crippen MR) is 226 cm³/mol. The molecule has 0 radical (unpaired) electrons. The molecule has 2 heterocycles. The minimum absolute atomic E-state index is 0.742. The molecule has 0 aliphatic carbocycles. The first-order chi connectivity index (χ1) is 23.8. The topological polar surface area (TPSA) is 20.7 Å². The Morgan fingerprint density at radius 3 is 1.16 bits per heavy atom. The van der Waals surface area contributed by atoms with Gasteiger partial charge in [-0.25, -0.2) is 0 Å². The molecule has 7 rings (SSSR count). The molecule has 2 aromatic heterocycles. The van der Waals surface area contributed by atoms with E-state index < -0.39 is 0 Å². The minimum atomic E-state index is 0.742. The lowest BCUT2D eigenvalue weighted by molar-refractivity contribution is 1.11. The van der Waals surface area contributed by atoms with Crippen LogP contribution in [0.4, 0.5) is 0 Å². The summed E-state index contributed by atoms with van der Waals surface area (Å²) in [6, 6.07) is 0. The summed E-state index contributed by atoms with van der Waals surface area (Å²) in [7, 11) is 0. The van der Waals surface area contributed by atoms with Crippen molar-refractivity contribution < 1.29 is 0 Å². The van der Waals surface area contributed by atoms with Crippen LogP contribution in [0.15, 0.2) is 0 Å². The second-order valence-electron chi connectivity index (χ2n) is 15.8. The van der Waals surface area contributed by atoms with E-state index in [9.17, 15) is 0 Å². The molecular formula is C47H52Cl2N2. The van der Waals surface area contributed by atoms with E-state index in [0.717, 1.165) is 43.5 Å². The Morgan fingerprint density at radius 1 is 0.314 bits per heavy atom. The summed E-state index contributed by atoms with van der Waals surface area (Å²) in [6.07, 6.45) is 0. The van der Waals surface area contributed by atoms with Crippen molar-refractivity contribution in [3.05, 3.63) is 105 Å². The molecule has 0 aliphatic rings. The van der Waals surface area contributed by atoms with Gasteiger partial charge in [0.15, 0.2) is 0 Å².